The SMILES string of the molecule is Cn1nccc1Cc1cc(Br)ccn1.Cn1nccc1Nc1cc(Br)ccn1. The lowest BCUT2D eigenvalue weighted by atomic mass is 10.2. The zero-order valence-electron chi connectivity index (χ0n) is 15.4. The van der Waals surface area contributed by atoms with E-state index in [1.54, 1.807) is 29.5 Å². The Morgan fingerprint density at radius 1 is 0.821 bits per heavy atom. The van der Waals surface area contributed by atoms with Crippen molar-refractivity contribution in [1.29, 1.82) is 0 Å². The molecule has 4 aromatic rings. The van der Waals surface area contributed by atoms with E-state index in [0.717, 1.165) is 38.4 Å². The highest BCUT2D eigenvalue weighted by Gasteiger charge is 2.02. The van der Waals surface area contributed by atoms with Gasteiger partial charge < -0.3 is 5.32 Å². The molecule has 7 nitrogen and oxygen atoms in total. The van der Waals surface area contributed by atoms with E-state index in [0.29, 0.717) is 0 Å². The first-order valence-electron chi connectivity index (χ1n) is 8.45. The second-order valence-electron chi connectivity index (χ2n) is 5.91. The zero-order valence-corrected chi connectivity index (χ0v) is 18.6. The van der Waals surface area contributed by atoms with E-state index in [1.807, 2.05) is 55.2 Å². The molecule has 4 aromatic heterocycles. The lowest BCUT2D eigenvalue weighted by Crippen LogP contribution is -2.00. The van der Waals surface area contributed by atoms with Crippen molar-refractivity contribution in [2.45, 2.75) is 6.42 Å². The summed E-state index contributed by atoms with van der Waals surface area (Å²) in [5, 5.41) is 11.3. The molecule has 0 aliphatic heterocycles. The fraction of sp³-hybridized carbons (Fsp3) is 0.158. The molecule has 0 fully saturated rings. The summed E-state index contributed by atoms with van der Waals surface area (Å²) < 4.78 is 5.67. The molecular weight excluding hydrogens is 486 g/mol. The molecule has 0 bridgehead atoms. The van der Waals surface area contributed by atoms with Crippen LogP contribution in [0.4, 0.5) is 11.6 Å². The minimum Gasteiger partial charge on any atom is -0.325 e. The number of halogens is 2. The van der Waals surface area contributed by atoms with E-state index in [4.69, 9.17) is 0 Å². The Hall–Kier alpha value is -2.52. The molecule has 0 aromatic carbocycles. The summed E-state index contributed by atoms with van der Waals surface area (Å²) in [5.74, 6) is 1.71. The van der Waals surface area contributed by atoms with Gasteiger partial charge in [-0.25, -0.2) is 4.98 Å². The summed E-state index contributed by atoms with van der Waals surface area (Å²) in [5.41, 5.74) is 2.21. The van der Waals surface area contributed by atoms with Crippen LogP contribution in [-0.4, -0.2) is 29.5 Å². The van der Waals surface area contributed by atoms with Gasteiger partial charge in [-0.05, 0) is 30.3 Å². The maximum absolute atomic E-state index is 4.28. The Balaban J connectivity index is 0.000000161. The molecule has 0 saturated heterocycles. The summed E-state index contributed by atoms with van der Waals surface area (Å²) in [6.45, 7) is 0. The topological polar surface area (TPSA) is 73.5 Å². The Bertz CT molecular complexity index is 958. The molecular formula is C19H19Br2N7. The fourth-order valence-electron chi connectivity index (χ4n) is 2.41. The van der Waals surface area contributed by atoms with Crippen molar-refractivity contribution in [3.05, 3.63) is 81.5 Å². The van der Waals surface area contributed by atoms with E-state index in [2.05, 4.69) is 57.3 Å². The van der Waals surface area contributed by atoms with Crippen molar-refractivity contribution in [3.63, 3.8) is 0 Å². The number of rotatable bonds is 4. The third-order valence-electron chi connectivity index (χ3n) is 3.86. The summed E-state index contributed by atoms with van der Waals surface area (Å²) in [6, 6.07) is 11.6. The van der Waals surface area contributed by atoms with Crippen LogP contribution in [-0.2, 0) is 20.5 Å². The number of nitrogens with one attached hydrogen (secondary N) is 1. The number of nitrogens with zero attached hydrogens (tertiary/aromatic N) is 6. The van der Waals surface area contributed by atoms with Crippen LogP contribution < -0.4 is 5.32 Å². The predicted molar refractivity (Wildman–Crippen MR) is 116 cm³/mol. The van der Waals surface area contributed by atoms with Crippen LogP contribution in [0, 0.1) is 0 Å². The summed E-state index contributed by atoms with van der Waals surface area (Å²) in [6.07, 6.45) is 7.89. The van der Waals surface area contributed by atoms with Crippen LogP contribution >= 0.6 is 31.9 Å². The molecule has 0 atom stereocenters. The highest BCUT2D eigenvalue weighted by Crippen LogP contribution is 2.17. The minimum atomic E-state index is 0.794. The van der Waals surface area contributed by atoms with Gasteiger partial charge in [0.15, 0.2) is 0 Å². The second-order valence-corrected chi connectivity index (χ2v) is 7.74. The quantitative estimate of drug-likeness (QED) is 0.443. The smallest absolute Gasteiger partial charge is 0.132 e. The molecule has 9 heteroatoms. The van der Waals surface area contributed by atoms with Crippen LogP contribution in [0.15, 0.2) is 70.1 Å². The largest absolute Gasteiger partial charge is 0.325 e. The molecule has 1 N–H and O–H groups in total. The van der Waals surface area contributed by atoms with Gasteiger partial charge in [-0.2, -0.15) is 10.2 Å². The Labute approximate surface area is 180 Å². The van der Waals surface area contributed by atoms with E-state index in [-0.39, 0.29) is 0 Å². The van der Waals surface area contributed by atoms with Crippen molar-refractivity contribution in [1.82, 2.24) is 29.5 Å². The van der Waals surface area contributed by atoms with Crippen molar-refractivity contribution in [2.24, 2.45) is 14.1 Å². The monoisotopic (exact) mass is 503 g/mol. The number of hydrogen-bond acceptors (Lipinski definition) is 5. The third kappa shape index (κ3) is 5.74. The normalized spacial score (nSPS) is 10.3. The summed E-state index contributed by atoms with van der Waals surface area (Å²) in [4.78, 5) is 8.46. The van der Waals surface area contributed by atoms with Gasteiger partial charge in [0.05, 0.1) is 6.20 Å². The van der Waals surface area contributed by atoms with Gasteiger partial charge in [0.25, 0.3) is 0 Å². The molecule has 4 heterocycles. The summed E-state index contributed by atoms with van der Waals surface area (Å²) >= 11 is 6.80. The fourth-order valence-corrected chi connectivity index (χ4v) is 3.12. The van der Waals surface area contributed by atoms with Gasteiger partial charge in [-0.3, -0.25) is 14.3 Å². The van der Waals surface area contributed by atoms with E-state index in [1.165, 1.54) is 0 Å². The number of hydrogen-bond donors (Lipinski definition) is 1. The molecule has 0 aliphatic carbocycles. The maximum atomic E-state index is 4.28. The van der Waals surface area contributed by atoms with Crippen molar-refractivity contribution >= 4 is 43.5 Å². The molecule has 144 valence electrons. The third-order valence-corrected chi connectivity index (χ3v) is 4.85. The van der Waals surface area contributed by atoms with Crippen LogP contribution in [0.2, 0.25) is 0 Å². The number of aryl methyl sites for hydroxylation is 2. The van der Waals surface area contributed by atoms with Gasteiger partial charge in [0.1, 0.15) is 11.6 Å². The van der Waals surface area contributed by atoms with Crippen molar-refractivity contribution in [3.8, 4) is 0 Å². The van der Waals surface area contributed by atoms with E-state index < -0.39 is 0 Å². The van der Waals surface area contributed by atoms with Gasteiger partial charge in [-0.1, -0.05) is 31.9 Å². The molecule has 0 amide bonds. The van der Waals surface area contributed by atoms with Crippen molar-refractivity contribution in [2.75, 3.05) is 5.32 Å². The minimum absolute atomic E-state index is 0.794. The molecule has 28 heavy (non-hydrogen) atoms. The number of pyridine rings is 2. The molecule has 0 spiro atoms. The van der Waals surface area contributed by atoms with Crippen LogP contribution in [0.1, 0.15) is 11.4 Å². The molecule has 0 unspecified atom stereocenters. The van der Waals surface area contributed by atoms with E-state index >= 15 is 0 Å². The maximum Gasteiger partial charge on any atom is 0.132 e. The zero-order chi connectivity index (χ0) is 19.9. The highest BCUT2D eigenvalue weighted by molar-refractivity contribution is 9.10. The average molecular weight is 505 g/mol. The van der Waals surface area contributed by atoms with Gasteiger partial charge in [0, 0.05) is 65.5 Å². The lowest BCUT2D eigenvalue weighted by molar-refractivity contribution is 0.720. The molecule has 0 saturated carbocycles. The lowest BCUT2D eigenvalue weighted by Gasteiger charge is -2.04. The Morgan fingerprint density at radius 3 is 2.11 bits per heavy atom. The van der Waals surface area contributed by atoms with Crippen LogP contribution in [0.5, 0.6) is 0 Å². The molecule has 0 aliphatic rings. The summed E-state index contributed by atoms with van der Waals surface area (Å²) in [7, 11) is 3.81. The Kier molecular flexibility index (Phi) is 6.94. The van der Waals surface area contributed by atoms with Gasteiger partial charge in [0.2, 0.25) is 0 Å². The number of anilines is 2. The standard InChI is InChI=1S/C10H10BrN3.C9H9BrN4/c1-14-10(3-5-13-14)7-9-6-8(11)2-4-12-9;1-14-9(3-5-12-14)13-8-6-7(10)2-4-11-8/h2-6H,7H2,1H3;2-6H,1H3,(H,11,13). The first kappa shape index (κ1) is 20.2. The predicted octanol–water partition coefficient (Wildman–Crippen LogP) is 4.49. The van der Waals surface area contributed by atoms with Gasteiger partial charge in [-0.15, -0.1) is 0 Å². The number of aromatic nitrogens is 6. The first-order valence-corrected chi connectivity index (χ1v) is 10.0. The van der Waals surface area contributed by atoms with Crippen LogP contribution in [0.25, 0.3) is 0 Å². The average Bonchev–Trinajstić information content (AvgIpc) is 3.24. The van der Waals surface area contributed by atoms with Gasteiger partial charge >= 0.3 is 0 Å². The first-order chi connectivity index (χ1) is 13.5. The van der Waals surface area contributed by atoms with Crippen LogP contribution in [0.3, 0.4) is 0 Å². The molecule has 0 radical (unpaired) electrons. The van der Waals surface area contributed by atoms with Crippen molar-refractivity contribution < 1.29 is 0 Å². The highest BCUT2D eigenvalue weighted by atomic mass is 79.9. The van der Waals surface area contributed by atoms with E-state index in [9.17, 15) is 0 Å². The second kappa shape index (κ2) is 9.61. The Morgan fingerprint density at radius 2 is 1.50 bits per heavy atom. The molecule has 4 rings (SSSR count).